The third-order valence-electron chi connectivity index (χ3n) is 6.84. The lowest BCUT2D eigenvalue weighted by molar-refractivity contribution is -0.144. The van der Waals surface area contributed by atoms with Crippen LogP contribution < -0.4 is 10.6 Å². The van der Waals surface area contributed by atoms with Crippen LogP contribution >= 0.6 is 0 Å². The number of nitrogens with one attached hydrogen (secondary N) is 2. The molecule has 0 spiro atoms. The van der Waals surface area contributed by atoms with Crippen molar-refractivity contribution in [2.45, 2.75) is 105 Å². The number of nitrogens with zero attached hydrogens (tertiary/aromatic N) is 2. The molecule has 0 bridgehead atoms. The fourth-order valence-corrected chi connectivity index (χ4v) is 4.16. The molecule has 2 atom stereocenters. The number of alkyl carbamates (subject to hydrolysis) is 2. The molecule has 0 aliphatic rings. The number of hydrogen-bond donors (Lipinski definition) is 2. The third-order valence-corrected chi connectivity index (χ3v) is 6.84. The molecular formula is C30H58N4O8. The highest BCUT2D eigenvalue weighted by Gasteiger charge is 2.15. The third kappa shape index (κ3) is 21.2. The number of likely N-dealkylation sites (N-methyl/N-ethyl adjacent to an activating group) is 1. The molecular weight excluding hydrogens is 544 g/mol. The Balaban J connectivity index is 4.45. The number of hydrogen-bond acceptors (Lipinski definition) is 10. The summed E-state index contributed by atoms with van der Waals surface area (Å²) in [5.41, 5.74) is 0. The Bertz CT molecular complexity index is 684. The summed E-state index contributed by atoms with van der Waals surface area (Å²) in [6.45, 7) is 16.9. The molecule has 0 aromatic rings. The van der Waals surface area contributed by atoms with E-state index in [1.165, 1.54) is 0 Å². The van der Waals surface area contributed by atoms with Crippen LogP contribution in [0.25, 0.3) is 0 Å². The van der Waals surface area contributed by atoms with Gasteiger partial charge in [-0.3, -0.25) is 9.59 Å². The molecule has 2 amide bonds. The first kappa shape index (κ1) is 39.4. The Hall–Kier alpha value is -2.60. The van der Waals surface area contributed by atoms with Crippen LogP contribution in [0.4, 0.5) is 9.59 Å². The molecule has 0 aromatic heterocycles. The number of carbonyl (C=O) groups excluding carboxylic acids is 4. The van der Waals surface area contributed by atoms with Gasteiger partial charge < -0.3 is 39.4 Å². The van der Waals surface area contributed by atoms with Crippen LogP contribution in [0.15, 0.2) is 0 Å². The van der Waals surface area contributed by atoms with Crippen molar-refractivity contribution >= 4 is 24.1 Å². The second kappa shape index (κ2) is 26.1. The lowest BCUT2D eigenvalue weighted by atomic mass is 10.2. The van der Waals surface area contributed by atoms with Crippen LogP contribution in [0.1, 0.15) is 92.9 Å². The minimum Gasteiger partial charge on any atom is -0.464 e. The summed E-state index contributed by atoms with van der Waals surface area (Å²) < 4.78 is 21.2. The molecule has 0 saturated heterocycles. The summed E-state index contributed by atoms with van der Waals surface area (Å²) in [4.78, 5) is 52.7. The van der Waals surface area contributed by atoms with Crippen LogP contribution in [-0.4, -0.2) is 112 Å². The zero-order chi connectivity index (χ0) is 31.6. The zero-order valence-corrected chi connectivity index (χ0v) is 27.0. The Morgan fingerprint density at radius 1 is 0.595 bits per heavy atom. The molecule has 0 radical (unpaired) electrons. The first-order chi connectivity index (χ1) is 20.2. The van der Waals surface area contributed by atoms with Gasteiger partial charge in [-0.25, -0.2) is 9.59 Å². The second-order valence-electron chi connectivity index (χ2n) is 10.1. The minimum atomic E-state index is -0.506. The minimum absolute atomic E-state index is 0.0591. The van der Waals surface area contributed by atoms with E-state index in [2.05, 4.69) is 29.4 Å². The van der Waals surface area contributed by atoms with Crippen molar-refractivity contribution in [3.8, 4) is 0 Å². The van der Waals surface area contributed by atoms with E-state index in [1.54, 1.807) is 0 Å². The van der Waals surface area contributed by atoms with Crippen molar-refractivity contribution in [3.63, 3.8) is 0 Å². The Morgan fingerprint density at radius 3 is 1.36 bits per heavy atom. The molecule has 42 heavy (non-hydrogen) atoms. The molecule has 12 heteroatoms. The molecule has 0 fully saturated rings. The van der Waals surface area contributed by atoms with Gasteiger partial charge in [0.25, 0.3) is 0 Å². The summed E-state index contributed by atoms with van der Waals surface area (Å²) >= 11 is 0. The van der Waals surface area contributed by atoms with Crippen molar-refractivity contribution < 1.29 is 38.1 Å². The number of amides is 2. The highest BCUT2D eigenvalue weighted by molar-refractivity contribution is 5.70. The van der Waals surface area contributed by atoms with Gasteiger partial charge in [0.2, 0.25) is 0 Å². The van der Waals surface area contributed by atoms with Crippen molar-refractivity contribution in [2.75, 3.05) is 65.6 Å². The van der Waals surface area contributed by atoms with Gasteiger partial charge in [0.15, 0.2) is 0 Å². The maximum Gasteiger partial charge on any atom is 0.407 e. The molecule has 0 aliphatic heterocycles. The fourth-order valence-electron chi connectivity index (χ4n) is 4.16. The lowest BCUT2D eigenvalue weighted by Crippen LogP contribution is -2.38. The predicted molar refractivity (Wildman–Crippen MR) is 162 cm³/mol. The summed E-state index contributed by atoms with van der Waals surface area (Å²) in [5.74, 6) is -0.750. The van der Waals surface area contributed by atoms with Crippen LogP contribution in [-0.2, 0) is 28.5 Å². The van der Waals surface area contributed by atoms with Crippen LogP contribution in [0.3, 0.4) is 0 Å². The van der Waals surface area contributed by atoms with E-state index in [0.717, 1.165) is 58.2 Å². The van der Waals surface area contributed by atoms with E-state index in [0.29, 0.717) is 19.6 Å². The number of esters is 2. The van der Waals surface area contributed by atoms with E-state index in [1.807, 2.05) is 32.6 Å². The molecule has 2 N–H and O–H groups in total. The monoisotopic (exact) mass is 602 g/mol. The number of ether oxygens (including phenoxy) is 4. The highest BCUT2D eigenvalue weighted by atomic mass is 16.6. The van der Waals surface area contributed by atoms with Crippen LogP contribution in [0.2, 0.25) is 0 Å². The van der Waals surface area contributed by atoms with E-state index in [4.69, 9.17) is 18.9 Å². The van der Waals surface area contributed by atoms with E-state index < -0.39 is 12.2 Å². The highest BCUT2D eigenvalue weighted by Crippen LogP contribution is 2.07. The van der Waals surface area contributed by atoms with Gasteiger partial charge in [0, 0.05) is 26.2 Å². The zero-order valence-electron chi connectivity index (χ0n) is 27.0. The summed E-state index contributed by atoms with van der Waals surface area (Å²) in [6.07, 6.45) is 4.10. The maximum atomic E-state index is 12.3. The van der Waals surface area contributed by atoms with Crippen molar-refractivity contribution in [1.29, 1.82) is 0 Å². The SMILES string of the molecule is CCCC(CC)OC(=O)NCCOC(=O)CCN(CCC(=O)OCCNC(=O)OC(CC)CCC)CCN(CC)CC. The molecule has 12 nitrogen and oxygen atoms in total. The average molecular weight is 603 g/mol. The molecule has 246 valence electrons. The van der Waals surface area contributed by atoms with E-state index in [9.17, 15) is 19.2 Å². The molecule has 0 heterocycles. The van der Waals surface area contributed by atoms with Gasteiger partial charge in [0.05, 0.1) is 25.9 Å². The van der Waals surface area contributed by atoms with Gasteiger partial charge in [-0.2, -0.15) is 0 Å². The normalized spacial score (nSPS) is 12.5. The Kier molecular flexibility index (Phi) is 24.4. The first-order valence-corrected chi connectivity index (χ1v) is 15.9. The van der Waals surface area contributed by atoms with Crippen molar-refractivity contribution in [1.82, 2.24) is 20.4 Å². The first-order valence-electron chi connectivity index (χ1n) is 15.9. The maximum absolute atomic E-state index is 12.3. The van der Waals surface area contributed by atoms with E-state index in [-0.39, 0.29) is 63.3 Å². The summed E-state index contributed by atoms with van der Waals surface area (Å²) in [5, 5.41) is 5.22. The van der Waals surface area contributed by atoms with Gasteiger partial charge in [0.1, 0.15) is 25.4 Å². The molecule has 0 aromatic carbocycles. The smallest absolute Gasteiger partial charge is 0.407 e. The van der Waals surface area contributed by atoms with Gasteiger partial charge >= 0.3 is 24.1 Å². The topological polar surface area (TPSA) is 136 Å². The lowest BCUT2D eigenvalue weighted by Gasteiger charge is -2.25. The van der Waals surface area contributed by atoms with Gasteiger partial charge in [-0.05, 0) is 38.8 Å². The average Bonchev–Trinajstić information content (AvgIpc) is 2.98. The second-order valence-corrected chi connectivity index (χ2v) is 10.1. The van der Waals surface area contributed by atoms with E-state index >= 15 is 0 Å². The summed E-state index contributed by atoms with van der Waals surface area (Å²) in [7, 11) is 0. The molecule has 0 aliphatic carbocycles. The Morgan fingerprint density at radius 2 is 1.00 bits per heavy atom. The summed E-state index contributed by atoms with van der Waals surface area (Å²) in [6, 6.07) is 0. The standard InChI is InChI=1S/C30H58N4O8/c1-7-13-25(9-3)41-29(37)31-17-23-39-27(35)15-19-34(22-21-33(11-5)12-6)20-16-28(36)40-24-18-32-30(38)42-26(10-4)14-8-2/h25-26H,7-24H2,1-6H3,(H,31,37)(H,32,38). The van der Waals surface area contributed by atoms with Gasteiger partial charge in [-0.15, -0.1) is 0 Å². The predicted octanol–water partition coefficient (Wildman–Crippen LogP) is 4.11. The number of carbonyl (C=O) groups is 4. The van der Waals surface area contributed by atoms with Crippen molar-refractivity contribution in [3.05, 3.63) is 0 Å². The quantitative estimate of drug-likeness (QED) is 0.0893. The Labute approximate surface area is 253 Å². The van der Waals surface area contributed by atoms with Crippen molar-refractivity contribution in [2.24, 2.45) is 0 Å². The molecule has 2 unspecified atom stereocenters. The number of rotatable bonds is 25. The largest absolute Gasteiger partial charge is 0.464 e. The van der Waals surface area contributed by atoms with Crippen LogP contribution in [0.5, 0.6) is 0 Å². The molecule has 0 rings (SSSR count). The molecule has 0 saturated carbocycles. The van der Waals surface area contributed by atoms with Gasteiger partial charge in [-0.1, -0.05) is 54.4 Å². The fraction of sp³-hybridized carbons (Fsp3) is 0.867. The van der Waals surface area contributed by atoms with Crippen LogP contribution in [0, 0.1) is 0 Å².